The molecule has 2 aromatic carbocycles. The lowest BCUT2D eigenvalue weighted by Crippen LogP contribution is -2.39. The fraction of sp³-hybridized carbons (Fsp3) is 0.364. The summed E-state index contributed by atoms with van der Waals surface area (Å²) in [5.74, 6) is 2.78. The van der Waals surface area contributed by atoms with Gasteiger partial charge >= 0.3 is 0 Å². The molecule has 0 spiro atoms. The fourth-order valence-electron chi connectivity index (χ4n) is 3.30. The summed E-state index contributed by atoms with van der Waals surface area (Å²) in [6.07, 6.45) is 0.839. The molecule has 3 rings (SSSR count). The summed E-state index contributed by atoms with van der Waals surface area (Å²) in [4.78, 5) is 9.33. The van der Waals surface area contributed by atoms with E-state index in [1.54, 1.807) is 7.11 Å². The van der Waals surface area contributed by atoms with Crippen molar-refractivity contribution < 1.29 is 4.74 Å². The van der Waals surface area contributed by atoms with Crippen LogP contribution in [-0.4, -0.2) is 42.3 Å². The third kappa shape index (κ3) is 6.09. The van der Waals surface area contributed by atoms with Crippen molar-refractivity contribution in [2.45, 2.75) is 26.8 Å². The molecule has 1 aromatic heterocycles. The highest BCUT2D eigenvalue weighted by molar-refractivity contribution is 14.0. The number of halogens is 1. The van der Waals surface area contributed by atoms with Gasteiger partial charge in [-0.1, -0.05) is 30.3 Å². The van der Waals surface area contributed by atoms with Gasteiger partial charge in [0.05, 0.1) is 18.1 Å². The van der Waals surface area contributed by atoms with Gasteiger partial charge in [-0.2, -0.15) is 0 Å². The number of methoxy groups -OCH3 is 1. The molecule has 3 aromatic rings. The Labute approximate surface area is 189 Å². The minimum absolute atomic E-state index is 0. The van der Waals surface area contributed by atoms with Crippen molar-refractivity contribution >= 4 is 41.0 Å². The number of guanidine groups is 1. The Bertz CT molecular complexity index is 938. The Morgan fingerprint density at radius 1 is 1.10 bits per heavy atom. The van der Waals surface area contributed by atoms with Crippen molar-refractivity contribution in [3.05, 3.63) is 59.9 Å². The second-order valence-corrected chi connectivity index (χ2v) is 6.55. The van der Waals surface area contributed by atoms with Crippen LogP contribution in [0.1, 0.15) is 18.3 Å². The van der Waals surface area contributed by atoms with E-state index in [4.69, 9.17) is 9.73 Å². The molecule has 0 atom stereocenters. The molecule has 0 bridgehead atoms. The highest BCUT2D eigenvalue weighted by Crippen LogP contribution is 2.17. The molecule has 2 N–H and O–H groups in total. The molecule has 0 aliphatic carbocycles. The molecule has 0 aliphatic rings. The number of ether oxygens (including phenoxy) is 1. The Morgan fingerprint density at radius 2 is 1.86 bits per heavy atom. The molecular formula is C22H30IN5O. The van der Waals surface area contributed by atoms with Crippen molar-refractivity contribution in [1.29, 1.82) is 0 Å². The smallest absolute Gasteiger partial charge is 0.191 e. The molecule has 1 heterocycles. The van der Waals surface area contributed by atoms with E-state index < -0.39 is 0 Å². The van der Waals surface area contributed by atoms with Gasteiger partial charge in [-0.15, -0.1) is 24.0 Å². The zero-order valence-electron chi connectivity index (χ0n) is 17.3. The molecule has 0 amide bonds. The number of nitrogens with one attached hydrogen (secondary N) is 2. The van der Waals surface area contributed by atoms with Crippen molar-refractivity contribution in [2.75, 3.05) is 26.7 Å². The second-order valence-electron chi connectivity index (χ2n) is 6.55. The average Bonchev–Trinajstić information content (AvgIpc) is 3.03. The van der Waals surface area contributed by atoms with Crippen LogP contribution in [0.4, 0.5) is 0 Å². The van der Waals surface area contributed by atoms with Crippen LogP contribution in [-0.2, 0) is 13.0 Å². The number of imidazole rings is 1. The molecular weight excluding hydrogens is 477 g/mol. The molecule has 7 heteroatoms. The third-order valence-electron chi connectivity index (χ3n) is 4.66. The van der Waals surface area contributed by atoms with Gasteiger partial charge in [-0.25, -0.2) is 4.98 Å². The monoisotopic (exact) mass is 507 g/mol. The van der Waals surface area contributed by atoms with E-state index >= 15 is 0 Å². The van der Waals surface area contributed by atoms with Crippen LogP contribution in [0.25, 0.3) is 11.0 Å². The number of hydrogen-bond acceptors (Lipinski definition) is 3. The van der Waals surface area contributed by atoms with E-state index in [-0.39, 0.29) is 24.0 Å². The van der Waals surface area contributed by atoms with Crippen molar-refractivity contribution in [2.24, 2.45) is 4.99 Å². The fourth-order valence-corrected chi connectivity index (χ4v) is 3.30. The van der Waals surface area contributed by atoms with E-state index in [9.17, 15) is 0 Å². The van der Waals surface area contributed by atoms with Crippen LogP contribution in [0.15, 0.2) is 53.5 Å². The van der Waals surface area contributed by atoms with Crippen LogP contribution in [0.2, 0.25) is 0 Å². The summed E-state index contributed by atoms with van der Waals surface area (Å²) >= 11 is 0. The predicted octanol–water partition coefficient (Wildman–Crippen LogP) is 3.77. The maximum atomic E-state index is 5.41. The molecule has 0 saturated heterocycles. The molecule has 0 fully saturated rings. The van der Waals surface area contributed by atoms with Crippen molar-refractivity contribution in [3.63, 3.8) is 0 Å². The number of para-hydroxylation sites is 3. The number of benzene rings is 2. The first-order chi connectivity index (χ1) is 13.7. The topological polar surface area (TPSA) is 63.5 Å². The van der Waals surface area contributed by atoms with Gasteiger partial charge in [0.25, 0.3) is 0 Å². The zero-order chi connectivity index (χ0) is 19.8. The molecule has 0 saturated carbocycles. The van der Waals surface area contributed by atoms with Crippen LogP contribution < -0.4 is 15.4 Å². The van der Waals surface area contributed by atoms with Gasteiger partial charge in [0.1, 0.15) is 11.6 Å². The van der Waals surface area contributed by atoms with E-state index in [1.165, 1.54) is 11.1 Å². The number of hydrogen-bond donors (Lipinski definition) is 2. The molecule has 0 aliphatic heterocycles. The van der Waals surface area contributed by atoms with E-state index in [2.05, 4.69) is 51.4 Å². The van der Waals surface area contributed by atoms with Gasteiger partial charge in [0.2, 0.25) is 0 Å². The first-order valence-electron chi connectivity index (χ1n) is 9.79. The summed E-state index contributed by atoms with van der Waals surface area (Å²) in [5, 5.41) is 6.74. The number of fused-ring (bicyclic) bond motifs is 1. The first kappa shape index (κ1) is 23.0. The molecule has 29 heavy (non-hydrogen) atoms. The highest BCUT2D eigenvalue weighted by atomic mass is 127. The molecule has 0 radical (unpaired) electrons. The van der Waals surface area contributed by atoms with Gasteiger partial charge in [0, 0.05) is 26.2 Å². The average molecular weight is 507 g/mol. The molecule has 0 unspecified atom stereocenters. The predicted molar refractivity (Wildman–Crippen MR) is 131 cm³/mol. The summed E-state index contributed by atoms with van der Waals surface area (Å²) in [5.41, 5.74) is 3.38. The van der Waals surface area contributed by atoms with Gasteiger partial charge < -0.3 is 19.9 Å². The Morgan fingerprint density at radius 3 is 2.66 bits per heavy atom. The number of aryl methyl sites for hydroxylation is 1. The Kier molecular flexibility index (Phi) is 9.24. The van der Waals surface area contributed by atoms with Crippen LogP contribution in [0.5, 0.6) is 5.75 Å². The molecule has 156 valence electrons. The lowest BCUT2D eigenvalue weighted by atomic mass is 10.1. The number of nitrogens with zero attached hydrogens (tertiary/aromatic N) is 3. The van der Waals surface area contributed by atoms with Crippen molar-refractivity contribution in [1.82, 2.24) is 20.2 Å². The van der Waals surface area contributed by atoms with Gasteiger partial charge in [-0.3, -0.25) is 4.99 Å². The summed E-state index contributed by atoms with van der Waals surface area (Å²) in [7, 11) is 1.70. The normalized spacial score (nSPS) is 11.2. The zero-order valence-corrected chi connectivity index (χ0v) is 19.6. The largest absolute Gasteiger partial charge is 0.496 e. The quantitative estimate of drug-likeness (QED) is 0.277. The lowest BCUT2D eigenvalue weighted by Gasteiger charge is -2.13. The van der Waals surface area contributed by atoms with E-state index in [0.29, 0.717) is 6.54 Å². The first-order valence-corrected chi connectivity index (χ1v) is 9.79. The maximum absolute atomic E-state index is 5.41. The Hall–Kier alpha value is -2.29. The number of aliphatic imine (C=N–C) groups is 1. The summed E-state index contributed by atoms with van der Waals surface area (Å²) in [6.45, 7) is 7.26. The maximum Gasteiger partial charge on any atom is 0.191 e. The Balaban J connectivity index is 0.00000300. The van der Waals surface area contributed by atoms with Crippen molar-refractivity contribution in [3.8, 4) is 5.75 Å². The number of rotatable bonds is 8. The van der Waals surface area contributed by atoms with Gasteiger partial charge in [0.15, 0.2) is 5.96 Å². The standard InChI is InChI=1S/C22H29N5O.HI/c1-4-23-22(24-14-13-18-9-5-8-12-21(18)28-3)25-15-16-27-17(2)26-19-10-6-7-11-20(19)27;/h5-12H,4,13-16H2,1-3H3,(H2,23,24,25);1H. The van der Waals surface area contributed by atoms with E-state index in [0.717, 1.165) is 49.1 Å². The third-order valence-corrected chi connectivity index (χ3v) is 4.66. The minimum Gasteiger partial charge on any atom is -0.496 e. The molecule has 6 nitrogen and oxygen atoms in total. The highest BCUT2D eigenvalue weighted by Gasteiger charge is 2.07. The number of aromatic nitrogens is 2. The van der Waals surface area contributed by atoms with Crippen LogP contribution >= 0.6 is 24.0 Å². The summed E-state index contributed by atoms with van der Waals surface area (Å²) in [6, 6.07) is 16.3. The SMILES string of the molecule is CCNC(=NCCc1ccccc1OC)NCCn1c(C)nc2ccccc21.I. The second kappa shape index (κ2) is 11.6. The van der Waals surface area contributed by atoms with Crippen LogP contribution in [0.3, 0.4) is 0 Å². The lowest BCUT2D eigenvalue weighted by molar-refractivity contribution is 0.410. The van der Waals surface area contributed by atoms with Crippen LogP contribution in [0, 0.1) is 6.92 Å². The summed E-state index contributed by atoms with van der Waals surface area (Å²) < 4.78 is 7.65. The van der Waals surface area contributed by atoms with E-state index in [1.807, 2.05) is 31.2 Å². The minimum atomic E-state index is 0. The van der Waals surface area contributed by atoms with Gasteiger partial charge in [-0.05, 0) is 44.0 Å².